The minimum Gasteiger partial charge on any atom is -0.741 e. The SMILES string of the molecule is COC(=O)c1ccc([N+](C)(C)C)cc1F.O=S(=O)([O-])C(F)(F)F. The van der Waals surface area contributed by atoms with Crippen molar-refractivity contribution in [3.63, 3.8) is 0 Å². The van der Waals surface area contributed by atoms with Crippen LogP contribution in [0.4, 0.5) is 23.2 Å². The van der Waals surface area contributed by atoms with Gasteiger partial charge in [-0.1, -0.05) is 0 Å². The lowest BCUT2D eigenvalue weighted by Gasteiger charge is -2.23. The second-order valence-electron chi connectivity index (χ2n) is 5.07. The van der Waals surface area contributed by atoms with Crippen LogP contribution in [0, 0.1) is 5.82 Å². The first-order chi connectivity index (χ1) is 10.1. The molecule has 132 valence electrons. The number of alkyl halides is 3. The summed E-state index contributed by atoms with van der Waals surface area (Å²) in [6, 6.07) is 4.52. The molecule has 0 N–H and O–H groups in total. The van der Waals surface area contributed by atoms with E-state index in [1.54, 1.807) is 6.07 Å². The Balaban J connectivity index is 0.000000515. The maximum absolute atomic E-state index is 13.5. The van der Waals surface area contributed by atoms with E-state index < -0.39 is 27.4 Å². The zero-order valence-electron chi connectivity index (χ0n) is 12.6. The highest BCUT2D eigenvalue weighted by Gasteiger charge is 2.36. The van der Waals surface area contributed by atoms with Crippen LogP contribution in [0.25, 0.3) is 0 Å². The molecule has 11 heteroatoms. The van der Waals surface area contributed by atoms with Crippen molar-refractivity contribution in [3.05, 3.63) is 29.6 Å². The third-order valence-electron chi connectivity index (χ3n) is 2.42. The van der Waals surface area contributed by atoms with Gasteiger partial charge in [-0.3, -0.25) is 4.48 Å². The summed E-state index contributed by atoms with van der Waals surface area (Å²) in [4.78, 5) is 11.1. The molecule has 0 aliphatic carbocycles. The maximum atomic E-state index is 13.5. The minimum absolute atomic E-state index is 0.0327. The third-order valence-corrected chi connectivity index (χ3v) is 2.98. The Hall–Kier alpha value is -1.72. The predicted molar refractivity (Wildman–Crippen MR) is 73.1 cm³/mol. The summed E-state index contributed by atoms with van der Waals surface area (Å²) in [5, 5.41) is 0. The molecule has 0 heterocycles. The lowest BCUT2D eigenvalue weighted by molar-refractivity contribution is -0.0517. The van der Waals surface area contributed by atoms with Gasteiger partial charge in [0.15, 0.2) is 10.1 Å². The highest BCUT2D eigenvalue weighted by Crippen LogP contribution is 2.21. The van der Waals surface area contributed by atoms with Crippen molar-refractivity contribution < 1.29 is 40.1 Å². The number of benzene rings is 1. The maximum Gasteiger partial charge on any atom is 0.485 e. The molecule has 0 aliphatic heterocycles. The normalized spacial score (nSPS) is 12.2. The van der Waals surface area contributed by atoms with Crippen LogP contribution in [0.5, 0.6) is 0 Å². The summed E-state index contributed by atoms with van der Waals surface area (Å²) >= 11 is 0. The molecule has 6 nitrogen and oxygen atoms in total. The van der Waals surface area contributed by atoms with Crippen LogP contribution in [0.15, 0.2) is 18.2 Å². The predicted octanol–water partition coefficient (Wildman–Crippen LogP) is 1.86. The molecule has 0 fully saturated rings. The summed E-state index contributed by atoms with van der Waals surface area (Å²) in [6.45, 7) is 0. The second-order valence-corrected chi connectivity index (χ2v) is 6.44. The number of nitrogens with zero attached hydrogens (tertiary/aromatic N) is 1. The van der Waals surface area contributed by atoms with Gasteiger partial charge in [-0.05, 0) is 6.07 Å². The average Bonchev–Trinajstić information content (AvgIpc) is 2.35. The smallest absolute Gasteiger partial charge is 0.485 e. The Morgan fingerprint density at radius 2 is 1.65 bits per heavy atom. The van der Waals surface area contributed by atoms with E-state index in [1.807, 2.05) is 21.1 Å². The molecule has 0 unspecified atom stereocenters. The fourth-order valence-electron chi connectivity index (χ4n) is 1.20. The zero-order chi connectivity index (χ0) is 18.6. The Morgan fingerprint density at radius 1 is 1.22 bits per heavy atom. The van der Waals surface area contributed by atoms with E-state index in [4.69, 9.17) is 13.0 Å². The monoisotopic (exact) mass is 361 g/mol. The average molecular weight is 361 g/mol. The first kappa shape index (κ1) is 21.3. The molecule has 0 saturated heterocycles. The number of ether oxygens (including phenoxy) is 1. The minimum atomic E-state index is -6.09. The molecular formula is C12H15F4NO5S. The fraction of sp³-hybridized carbons (Fsp3) is 0.417. The van der Waals surface area contributed by atoms with Gasteiger partial charge in [-0.15, -0.1) is 0 Å². The number of methoxy groups -OCH3 is 1. The van der Waals surface area contributed by atoms with Crippen LogP contribution in [-0.4, -0.2) is 52.7 Å². The van der Waals surface area contributed by atoms with Gasteiger partial charge in [-0.2, -0.15) is 13.2 Å². The van der Waals surface area contributed by atoms with E-state index in [0.717, 1.165) is 5.69 Å². The van der Waals surface area contributed by atoms with Crippen molar-refractivity contribution >= 4 is 21.8 Å². The van der Waals surface area contributed by atoms with Crippen LogP contribution in [0.3, 0.4) is 0 Å². The van der Waals surface area contributed by atoms with Crippen molar-refractivity contribution in [2.75, 3.05) is 28.3 Å². The van der Waals surface area contributed by atoms with Gasteiger partial charge in [0.25, 0.3) is 0 Å². The van der Waals surface area contributed by atoms with Crippen molar-refractivity contribution in [1.82, 2.24) is 4.48 Å². The molecule has 23 heavy (non-hydrogen) atoms. The highest BCUT2D eigenvalue weighted by atomic mass is 32.2. The second kappa shape index (κ2) is 7.23. The number of halogens is 4. The highest BCUT2D eigenvalue weighted by molar-refractivity contribution is 7.86. The number of carbonyl (C=O) groups is 1. The summed E-state index contributed by atoms with van der Waals surface area (Å²) in [5.41, 5.74) is -4.89. The molecule has 0 radical (unpaired) electrons. The van der Waals surface area contributed by atoms with Crippen molar-refractivity contribution in [1.29, 1.82) is 0 Å². The van der Waals surface area contributed by atoms with Gasteiger partial charge >= 0.3 is 11.5 Å². The first-order valence-corrected chi connectivity index (χ1v) is 7.24. The molecule has 0 spiro atoms. The van der Waals surface area contributed by atoms with Crippen molar-refractivity contribution in [2.24, 2.45) is 0 Å². The summed E-state index contributed by atoms with van der Waals surface area (Å²) in [5.74, 6) is -1.20. The molecule has 1 rings (SSSR count). The number of hydrogen-bond acceptors (Lipinski definition) is 5. The van der Waals surface area contributed by atoms with Crippen LogP contribution >= 0.6 is 0 Å². The summed E-state index contributed by atoms with van der Waals surface area (Å²) in [6.07, 6.45) is 0. The largest absolute Gasteiger partial charge is 0.741 e. The third kappa shape index (κ3) is 6.50. The quantitative estimate of drug-likeness (QED) is 0.264. The van der Waals surface area contributed by atoms with Crippen molar-refractivity contribution in [3.8, 4) is 0 Å². The van der Waals surface area contributed by atoms with Gasteiger partial charge < -0.3 is 9.29 Å². The van der Waals surface area contributed by atoms with Crippen LogP contribution in [0.1, 0.15) is 10.4 Å². The summed E-state index contributed by atoms with van der Waals surface area (Å²) in [7, 11) is 0.911. The van der Waals surface area contributed by atoms with Crippen molar-refractivity contribution in [2.45, 2.75) is 5.51 Å². The number of hydrogen-bond donors (Lipinski definition) is 0. The zero-order valence-corrected chi connectivity index (χ0v) is 13.5. The van der Waals surface area contributed by atoms with Crippen LogP contribution < -0.4 is 4.48 Å². The van der Waals surface area contributed by atoms with E-state index in [9.17, 15) is 22.4 Å². The number of quaternary nitrogens is 1. The molecule has 0 atom stereocenters. The van der Waals surface area contributed by atoms with E-state index >= 15 is 0 Å². The van der Waals surface area contributed by atoms with Gasteiger partial charge in [0.1, 0.15) is 11.5 Å². The lowest BCUT2D eigenvalue weighted by atomic mass is 10.1. The molecule has 0 bridgehead atoms. The molecule has 1 aromatic rings. The number of rotatable bonds is 2. The topological polar surface area (TPSA) is 83.5 Å². The van der Waals surface area contributed by atoms with E-state index in [-0.39, 0.29) is 5.56 Å². The van der Waals surface area contributed by atoms with Crippen LogP contribution in [-0.2, 0) is 14.9 Å². The Labute approximate surface area is 130 Å². The molecule has 0 aromatic heterocycles. The van der Waals surface area contributed by atoms with E-state index in [2.05, 4.69) is 4.74 Å². The fourth-order valence-corrected chi connectivity index (χ4v) is 1.20. The van der Waals surface area contributed by atoms with Gasteiger partial charge in [0, 0.05) is 12.1 Å². The summed E-state index contributed by atoms with van der Waals surface area (Å²) < 4.78 is 77.4. The van der Waals surface area contributed by atoms with Gasteiger partial charge in [-0.25, -0.2) is 17.6 Å². The van der Waals surface area contributed by atoms with Crippen LogP contribution in [0.2, 0.25) is 0 Å². The molecule has 0 saturated carbocycles. The molecular weight excluding hydrogens is 346 g/mol. The molecule has 0 amide bonds. The lowest BCUT2D eigenvalue weighted by Crippen LogP contribution is -2.34. The first-order valence-electron chi connectivity index (χ1n) is 5.83. The number of esters is 1. The standard InChI is InChI=1S/C11H15FNO2.CHF3O3S/c1-13(2,3)8-5-6-9(10(12)7-8)11(14)15-4;2-1(3,4)8(5,6)7/h5-7H,1-4H3;(H,5,6,7)/q+1;/p-1. The Bertz CT molecular complexity index is 665. The Morgan fingerprint density at radius 3 is 1.91 bits per heavy atom. The van der Waals surface area contributed by atoms with Gasteiger partial charge in [0.05, 0.1) is 33.8 Å². The molecule has 0 aliphatic rings. The molecule has 1 aromatic carbocycles. The van der Waals surface area contributed by atoms with E-state index in [0.29, 0.717) is 4.48 Å². The Kier molecular flexibility index (Phi) is 6.69. The number of carbonyl (C=O) groups excluding carboxylic acids is 1. The van der Waals surface area contributed by atoms with E-state index in [1.165, 1.54) is 19.2 Å². The van der Waals surface area contributed by atoms with Gasteiger partial charge in [0.2, 0.25) is 0 Å².